The molecule has 0 aliphatic carbocycles. The van der Waals surface area contributed by atoms with Gasteiger partial charge in [0.15, 0.2) is 0 Å². The van der Waals surface area contributed by atoms with Crippen LogP contribution < -0.4 is 0 Å². The predicted octanol–water partition coefficient (Wildman–Crippen LogP) is 10.2. The molecule has 1 rings (SSSR count). The normalized spacial score (nSPS) is 11.3. The van der Waals surface area contributed by atoms with Crippen molar-refractivity contribution in [3.63, 3.8) is 0 Å². The molecule has 0 heterocycles. The van der Waals surface area contributed by atoms with Gasteiger partial charge in [0.25, 0.3) is 0 Å². The molecule has 270 valence electrons. The van der Waals surface area contributed by atoms with Crippen molar-refractivity contribution in [2.45, 2.75) is 155 Å². The van der Waals surface area contributed by atoms with Gasteiger partial charge < -0.3 is 39.6 Å². The topological polar surface area (TPSA) is 132 Å². The van der Waals surface area contributed by atoms with Gasteiger partial charge in [-0.25, -0.2) is 0 Å². The largest absolute Gasteiger partial charge is 0.356 e. The van der Waals surface area contributed by atoms with Crippen LogP contribution in [-0.2, 0) is 13.1 Å². The van der Waals surface area contributed by atoms with Gasteiger partial charge in [-0.15, -0.1) is 0 Å². The second-order valence-corrected chi connectivity index (χ2v) is 14.2. The summed E-state index contributed by atoms with van der Waals surface area (Å²) in [6, 6.07) is 9.30. The summed E-state index contributed by atoms with van der Waals surface area (Å²) in [6.07, 6.45) is 28.4. The predicted molar refractivity (Wildman–Crippen MR) is 192 cm³/mol. The molecule has 0 aliphatic rings. The molecule has 0 saturated carbocycles. The van der Waals surface area contributed by atoms with E-state index >= 15 is 0 Å². The number of rotatable bonds is 26. The van der Waals surface area contributed by atoms with E-state index in [1.54, 1.807) is 11.1 Å². The Morgan fingerprint density at radius 2 is 0.674 bits per heavy atom. The van der Waals surface area contributed by atoms with Gasteiger partial charge >= 0.3 is 0 Å². The van der Waals surface area contributed by atoms with Crippen molar-refractivity contribution < 1.29 is 19.1 Å². The fourth-order valence-electron chi connectivity index (χ4n) is 6.00. The monoisotopic (exact) mass is 655 g/mol. The number of nitrogens with zero attached hydrogens (tertiary/aromatic N) is 4. The summed E-state index contributed by atoms with van der Waals surface area (Å²) < 4.78 is 2.22. The minimum atomic E-state index is -1.75. The Balaban J connectivity index is 0. The standard InChI is InChI=1S/C36H70N2.2NO3/c1-7-9-11-13-15-17-19-21-23-27-31-37(3,4)33-35-29-25-26-30-36(35)34-38(5,6)32-28-24-22-20-18-16-14-12-10-8-2;2*2-1(3)4/h25-26,29-30H,7-24,27-28,31-34H2,1-6H3;;/q+2;2*-1. The van der Waals surface area contributed by atoms with Gasteiger partial charge in [0.05, 0.1) is 51.5 Å². The van der Waals surface area contributed by atoms with E-state index in [4.69, 9.17) is 30.6 Å². The first kappa shape index (κ1) is 45.7. The van der Waals surface area contributed by atoms with Crippen LogP contribution in [0.2, 0.25) is 0 Å². The molecule has 0 aliphatic heterocycles. The second kappa shape index (κ2) is 29.9. The first-order valence-electron chi connectivity index (χ1n) is 18.1. The molecule has 0 unspecified atom stereocenters. The first-order valence-corrected chi connectivity index (χ1v) is 18.1. The highest BCUT2D eigenvalue weighted by atomic mass is 16.9. The molecule has 10 heteroatoms. The summed E-state index contributed by atoms with van der Waals surface area (Å²) >= 11 is 0. The Bertz CT molecular complexity index is 790. The highest BCUT2D eigenvalue weighted by molar-refractivity contribution is 5.25. The molecule has 0 atom stereocenters. The maximum atomic E-state index is 8.25. The molecule has 1 aromatic rings. The van der Waals surface area contributed by atoms with E-state index in [0.29, 0.717) is 0 Å². The molecule has 0 amide bonds. The zero-order valence-electron chi connectivity index (χ0n) is 30.5. The lowest BCUT2D eigenvalue weighted by molar-refractivity contribution is -0.907. The van der Waals surface area contributed by atoms with E-state index in [-0.39, 0.29) is 0 Å². The fourth-order valence-corrected chi connectivity index (χ4v) is 6.00. The number of benzene rings is 1. The molecule has 1 aromatic carbocycles. The highest BCUT2D eigenvalue weighted by Gasteiger charge is 2.22. The smallest absolute Gasteiger partial charge is 0.104 e. The van der Waals surface area contributed by atoms with Gasteiger partial charge in [-0.1, -0.05) is 141 Å². The van der Waals surface area contributed by atoms with Crippen LogP contribution in [0, 0.1) is 30.6 Å². The number of hydrogen-bond acceptors (Lipinski definition) is 6. The van der Waals surface area contributed by atoms with Crippen LogP contribution in [-0.4, -0.2) is 60.4 Å². The van der Waals surface area contributed by atoms with Crippen LogP contribution in [0.25, 0.3) is 0 Å². The van der Waals surface area contributed by atoms with E-state index in [1.807, 2.05) is 0 Å². The Hall–Kier alpha value is -2.46. The van der Waals surface area contributed by atoms with Crippen molar-refractivity contribution in [1.29, 1.82) is 0 Å². The molecular weight excluding hydrogens is 584 g/mol. The Kier molecular flexibility index (Phi) is 29.7. The second-order valence-electron chi connectivity index (χ2n) is 14.2. The van der Waals surface area contributed by atoms with Crippen molar-refractivity contribution in [3.8, 4) is 0 Å². The molecule has 46 heavy (non-hydrogen) atoms. The lowest BCUT2D eigenvalue weighted by Crippen LogP contribution is -2.42. The van der Waals surface area contributed by atoms with Gasteiger partial charge in [0, 0.05) is 11.1 Å². The number of quaternary nitrogens is 2. The molecule has 0 saturated heterocycles. The quantitative estimate of drug-likeness (QED) is 0.0422. The fraction of sp³-hybridized carbons (Fsp3) is 0.833. The van der Waals surface area contributed by atoms with Gasteiger partial charge in [0.1, 0.15) is 13.1 Å². The molecule has 0 radical (unpaired) electrons. The highest BCUT2D eigenvalue weighted by Crippen LogP contribution is 2.21. The van der Waals surface area contributed by atoms with Gasteiger partial charge in [-0.05, 0) is 25.7 Å². The third kappa shape index (κ3) is 34.4. The van der Waals surface area contributed by atoms with Crippen molar-refractivity contribution in [2.24, 2.45) is 0 Å². The summed E-state index contributed by atoms with van der Waals surface area (Å²) in [7, 11) is 9.76. The van der Waals surface area contributed by atoms with E-state index in [0.717, 1.165) is 22.1 Å². The average Bonchev–Trinajstić information content (AvgIpc) is 2.95. The molecular formula is C36H70N4O6. The zero-order valence-corrected chi connectivity index (χ0v) is 30.5. The van der Waals surface area contributed by atoms with Crippen LogP contribution in [0.3, 0.4) is 0 Å². The zero-order chi connectivity index (χ0) is 35.1. The van der Waals surface area contributed by atoms with Crippen molar-refractivity contribution in [2.75, 3.05) is 41.3 Å². The average molecular weight is 655 g/mol. The third-order valence-electron chi connectivity index (χ3n) is 8.55. The minimum Gasteiger partial charge on any atom is -0.356 e. The molecule has 10 nitrogen and oxygen atoms in total. The minimum absolute atomic E-state index is 1.11. The van der Waals surface area contributed by atoms with Gasteiger partial charge in [0.2, 0.25) is 0 Å². The van der Waals surface area contributed by atoms with Crippen molar-refractivity contribution >= 4 is 0 Å². The van der Waals surface area contributed by atoms with E-state index in [2.05, 4.69) is 66.3 Å². The van der Waals surface area contributed by atoms with E-state index in [1.165, 1.54) is 142 Å². The summed E-state index contributed by atoms with van der Waals surface area (Å²) in [4.78, 5) is 16.5. The summed E-state index contributed by atoms with van der Waals surface area (Å²) in [6.45, 7) is 9.51. The summed E-state index contributed by atoms with van der Waals surface area (Å²) in [5, 5.41) is 29.5. The van der Waals surface area contributed by atoms with Crippen LogP contribution in [0.5, 0.6) is 0 Å². The van der Waals surface area contributed by atoms with Gasteiger partial charge in [-0.2, -0.15) is 0 Å². The van der Waals surface area contributed by atoms with Crippen LogP contribution in [0.15, 0.2) is 24.3 Å². The maximum Gasteiger partial charge on any atom is 0.104 e. The van der Waals surface area contributed by atoms with Crippen LogP contribution >= 0.6 is 0 Å². The molecule has 0 fully saturated rings. The van der Waals surface area contributed by atoms with E-state index in [9.17, 15) is 0 Å². The summed E-state index contributed by atoms with van der Waals surface area (Å²) in [5.74, 6) is 0. The van der Waals surface area contributed by atoms with Crippen molar-refractivity contribution in [1.82, 2.24) is 0 Å². The molecule has 0 bridgehead atoms. The Morgan fingerprint density at radius 3 is 0.913 bits per heavy atom. The van der Waals surface area contributed by atoms with Crippen LogP contribution in [0.1, 0.15) is 153 Å². The summed E-state index contributed by atoms with van der Waals surface area (Å²) in [5.41, 5.74) is 3.14. The van der Waals surface area contributed by atoms with Crippen LogP contribution in [0.4, 0.5) is 0 Å². The lowest BCUT2D eigenvalue weighted by atomic mass is 10.0. The Morgan fingerprint density at radius 1 is 0.457 bits per heavy atom. The van der Waals surface area contributed by atoms with Gasteiger partial charge in [-0.3, -0.25) is 0 Å². The van der Waals surface area contributed by atoms with E-state index < -0.39 is 10.2 Å². The molecule has 0 N–H and O–H groups in total. The molecule has 0 spiro atoms. The Labute approximate surface area is 281 Å². The maximum absolute atomic E-state index is 8.25. The number of hydrogen-bond donors (Lipinski definition) is 0. The first-order chi connectivity index (χ1) is 21.8. The third-order valence-corrected chi connectivity index (χ3v) is 8.55. The van der Waals surface area contributed by atoms with Crippen molar-refractivity contribution in [3.05, 3.63) is 66.0 Å². The molecule has 0 aromatic heterocycles. The SMILES string of the molecule is CCCCCCCCCCCC[N+](C)(C)Cc1ccccc1C[N+](C)(C)CCCCCCCCCCCC.O=[N+]([O-])[O-].O=[N+]([O-])[O-]. The number of unbranched alkanes of at least 4 members (excludes halogenated alkanes) is 18. The lowest BCUT2D eigenvalue weighted by Gasteiger charge is -2.33.